The second-order valence-electron chi connectivity index (χ2n) is 12.6. The number of nitriles is 1. The van der Waals surface area contributed by atoms with E-state index in [2.05, 4.69) is 9.71 Å². The van der Waals surface area contributed by atoms with Crippen LogP contribution >= 0.6 is 11.6 Å². The van der Waals surface area contributed by atoms with Crippen LogP contribution in [0.3, 0.4) is 0 Å². The predicted octanol–water partition coefficient (Wildman–Crippen LogP) is 5.19. The molecule has 0 radical (unpaired) electrons. The standard InChI is InChI=1S/C31H36ClFN6O7S/c1-6-37(5)47(42,43)36-22-8-7-21(33)27(20(22)16-34)45-24-10-9-23-25(26(24)32)28(40)39(18-35-23)19-15-31(44-17-19)11-13-38(14-12-31)29(41)46-30(2,3)4/h7-10,18-19,36H,6,11-15,17H2,1-5H3/t19-/m0/s1. The maximum Gasteiger partial charge on any atom is 0.410 e. The molecule has 0 saturated carbocycles. The number of anilines is 1. The van der Waals surface area contributed by atoms with Crippen molar-refractivity contribution in [2.24, 2.45) is 0 Å². The van der Waals surface area contributed by atoms with Gasteiger partial charge in [-0.3, -0.25) is 14.1 Å². The minimum atomic E-state index is -4.04. The number of nitrogens with one attached hydrogen (secondary N) is 1. The number of carbonyl (C=O) groups excluding carboxylic acids is 1. The Morgan fingerprint density at radius 3 is 2.62 bits per heavy atom. The second kappa shape index (κ2) is 12.9. The van der Waals surface area contributed by atoms with Crippen molar-refractivity contribution in [3.8, 4) is 17.6 Å². The first-order chi connectivity index (χ1) is 22.1. The SMILES string of the molecule is CCN(C)S(=O)(=O)Nc1ccc(F)c(Oc2ccc3ncn([C@@H]4COC5(CCN(C(=O)OC(C)(C)C)CC5)C4)c(=O)c3c2Cl)c1C#N. The van der Waals surface area contributed by atoms with Crippen LogP contribution in [-0.2, 0) is 19.7 Å². The number of aromatic nitrogens is 2. The molecule has 3 heterocycles. The van der Waals surface area contributed by atoms with Gasteiger partial charge < -0.3 is 19.1 Å². The Balaban J connectivity index is 1.40. The third-order valence-electron chi connectivity index (χ3n) is 8.29. The summed E-state index contributed by atoms with van der Waals surface area (Å²) in [6, 6.07) is 6.37. The molecule has 1 N–H and O–H groups in total. The highest BCUT2D eigenvalue weighted by atomic mass is 35.5. The number of amides is 1. The third kappa shape index (κ3) is 7.01. The number of benzene rings is 2. The van der Waals surface area contributed by atoms with Gasteiger partial charge in [0.05, 0.1) is 46.2 Å². The number of halogens is 2. The van der Waals surface area contributed by atoms with E-state index in [4.69, 9.17) is 25.8 Å². The minimum Gasteiger partial charge on any atom is -0.451 e. The number of likely N-dealkylation sites (tertiary alicyclic amines) is 1. The van der Waals surface area contributed by atoms with Crippen LogP contribution in [0, 0.1) is 17.1 Å². The van der Waals surface area contributed by atoms with E-state index in [1.807, 2.05) is 20.8 Å². The summed E-state index contributed by atoms with van der Waals surface area (Å²) in [6.45, 7) is 8.40. The van der Waals surface area contributed by atoms with Gasteiger partial charge in [-0.1, -0.05) is 18.5 Å². The average molecular weight is 691 g/mol. The average Bonchev–Trinajstić information content (AvgIpc) is 3.41. The third-order valence-corrected chi connectivity index (χ3v) is 10.2. The first-order valence-electron chi connectivity index (χ1n) is 15.0. The molecule has 1 spiro atoms. The van der Waals surface area contributed by atoms with Crippen LogP contribution < -0.4 is 15.0 Å². The van der Waals surface area contributed by atoms with Gasteiger partial charge in [-0.05, 0) is 64.3 Å². The molecule has 2 aromatic carbocycles. The molecule has 0 unspecified atom stereocenters. The van der Waals surface area contributed by atoms with Gasteiger partial charge in [-0.2, -0.15) is 18.0 Å². The van der Waals surface area contributed by atoms with Gasteiger partial charge in [0.2, 0.25) is 0 Å². The van der Waals surface area contributed by atoms with Gasteiger partial charge in [-0.15, -0.1) is 0 Å². The molecule has 47 heavy (non-hydrogen) atoms. The first kappa shape index (κ1) is 34.4. The van der Waals surface area contributed by atoms with E-state index in [0.717, 1.165) is 16.4 Å². The molecule has 252 valence electrons. The number of hydrogen-bond acceptors (Lipinski definition) is 9. The highest BCUT2D eigenvalue weighted by Gasteiger charge is 2.45. The van der Waals surface area contributed by atoms with E-state index >= 15 is 4.39 Å². The summed E-state index contributed by atoms with van der Waals surface area (Å²) in [6.07, 6.45) is 2.73. The van der Waals surface area contributed by atoms with Crippen LogP contribution in [-0.4, -0.2) is 77.8 Å². The molecule has 3 aromatic rings. The molecule has 2 aliphatic heterocycles. The number of hydrogen-bond donors (Lipinski definition) is 1. The number of fused-ring (bicyclic) bond motifs is 1. The van der Waals surface area contributed by atoms with E-state index in [9.17, 15) is 23.3 Å². The van der Waals surface area contributed by atoms with Crippen molar-refractivity contribution in [2.45, 2.75) is 64.2 Å². The lowest BCUT2D eigenvalue weighted by Crippen LogP contribution is -2.48. The van der Waals surface area contributed by atoms with Crippen molar-refractivity contribution in [1.82, 2.24) is 18.8 Å². The van der Waals surface area contributed by atoms with Crippen LogP contribution in [0.2, 0.25) is 5.02 Å². The number of piperidine rings is 1. The van der Waals surface area contributed by atoms with E-state index in [0.29, 0.717) is 32.4 Å². The first-order valence-corrected chi connectivity index (χ1v) is 16.9. The predicted molar refractivity (Wildman–Crippen MR) is 172 cm³/mol. The second-order valence-corrected chi connectivity index (χ2v) is 14.7. The lowest BCUT2D eigenvalue weighted by atomic mass is 9.87. The normalized spacial score (nSPS) is 18.0. The van der Waals surface area contributed by atoms with Crippen molar-refractivity contribution < 1.29 is 31.8 Å². The van der Waals surface area contributed by atoms with Gasteiger partial charge in [0.25, 0.3) is 5.56 Å². The molecule has 2 aliphatic rings. The van der Waals surface area contributed by atoms with Gasteiger partial charge in [0.15, 0.2) is 11.6 Å². The minimum absolute atomic E-state index is 0.0210. The van der Waals surface area contributed by atoms with Crippen molar-refractivity contribution in [3.05, 3.63) is 57.3 Å². The Hall–Kier alpha value is -3.97. The molecule has 16 heteroatoms. The molecule has 2 fully saturated rings. The fourth-order valence-corrected chi connectivity index (χ4v) is 6.85. The Labute approximate surface area is 277 Å². The van der Waals surface area contributed by atoms with Gasteiger partial charge >= 0.3 is 16.3 Å². The van der Waals surface area contributed by atoms with Gasteiger partial charge in [0.1, 0.15) is 23.0 Å². The summed E-state index contributed by atoms with van der Waals surface area (Å²) < 4.78 is 62.5. The van der Waals surface area contributed by atoms with Gasteiger partial charge in [0, 0.05) is 26.7 Å². The summed E-state index contributed by atoms with van der Waals surface area (Å²) in [4.78, 5) is 32.4. The van der Waals surface area contributed by atoms with Crippen LogP contribution in [0.5, 0.6) is 11.5 Å². The maximum absolute atomic E-state index is 15.0. The monoisotopic (exact) mass is 690 g/mol. The summed E-state index contributed by atoms with van der Waals surface area (Å²) in [7, 11) is -2.69. The Bertz CT molecular complexity index is 1920. The van der Waals surface area contributed by atoms with Crippen molar-refractivity contribution in [2.75, 3.05) is 38.0 Å². The van der Waals surface area contributed by atoms with Crippen LogP contribution in [0.4, 0.5) is 14.9 Å². The topological polar surface area (TPSA) is 156 Å². The number of ether oxygens (including phenoxy) is 3. The Morgan fingerprint density at radius 2 is 1.98 bits per heavy atom. The largest absolute Gasteiger partial charge is 0.451 e. The van der Waals surface area contributed by atoms with Crippen LogP contribution in [0.25, 0.3) is 10.9 Å². The zero-order chi connectivity index (χ0) is 34.3. The maximum atomic E-state index is 15.0. The van der Waals surface area contributed by atoms with Crippen LogP contribution in [0.1, 0.15) is 58.6 Å². The van der Waals surface area contributed by atoms with Crippen molar-refractivity contribution in [1.29, 1.82) is 5.26 Å². The number of rotatable bonds is 7. The summed E-state index contributed by atoms with van der Waals surface area (Å²) in [5, 5.41) is 9.71. The fraction of sp³-hybridized carbons (Fsp3) is 0.484. The molecule has 1 atom stereocenters. The van der Waals surface area contributed by atoms with E-state index < -0.39 is 44.1 Å². The molecular weight excluding hydrogens is 655 g/mol. The molecular formula is C31H36ClFN6O7S. The molecule has 5 rings (SSSR count). The van der Waals surface area contributed by atoms with Gasteiger partial charge in [-0.25, -0.2) is 14.2 Å². The number of nitrogens with zero attached hydrogens (tertiary/aromatic N) is 5. The van der Waals surface area contributed by atoms with Crippen LogP contribution in [0.15, 0.2) is 35.4 Å². The summed E-state index contributed by atoms with van der Waals surface area (Å²) in [5.74, 6) is -1.65. The lowest BCUT2D eigenvalue weighted by Gasteiger charge is -2.39. The lowest BCUT2D eigenvalue weighted by molar-refractivity contribution is -0.0486. The molecule has 1 amide bonds. The molecule has 13 nitrogen and oxygen atoms in total. The van der Waals surface area contributed by atoms with E-state index in [1.165, 1.54) is 30.1 Å². The molecule has 0 aliphatic carbocycles. The number of carbonyl (C=O) groups is 1. The van der Waals surface area contributed by atoms with E-state index in [1.54, 1.807) is 17.9 Å². The molecule has 0 bridgehead atoms. The summed E-state index contributed by atoms with van der Waals surface area (Å²) in [5.41, 5.74) is -1.92. The highest BCUT2D eigenvalue weighted by molar-refractivity contribution is 7.90. The van der Waals surface area contributed by atoms with E-state index in [-0.39, 0.29) is 52.6 Å². The highest BCUT2D eigenvalue weighted by Crippen LogP contribution is 2.42. The summed E-state index contributed by atoms with van der Waals surface area (Å²) >= 11 is 6.68. The zero-order valence-electron chi connectivity index (χ0n) is 26.7. The quantitative estimate of drug-likeness (QED) is 0.352. The van der Waals surface area contributed by atoms with Crippen molar-refractivity contribution in [3.63, 3.8) is 0 Å². The Morgan fingerprint density at radius 1 is 1.28 bits per heavy atom. The Kier molecular flexibility index (Phi) is 9.44. The molecule has 1 aromatic heterocycles. The fourth-order valence-electron chi connectivity index (χ4n) is 5.62. The zero-order valence-corrected chi connectivity index (χ0v) is 28.2. The molecule has 2 saturated heterocycles. The smallest absolute Gasteiger partial charge is 0.410 e. The van der Waals surface area contributed by atoms with Crippen molar-refractivity contribution >= 4 is 44.5 Å².